The summed E-state index contributed by atoms with van der Waals surface area (Å²) < 4.78 is 5.35. The Kier molecular flexibility index (Phi) is 11.1. The van der Waals surface area contributed by atoms with E-state index >= 15 is 0 Å². The van der Waals surface area contributed by atoms with Crippen LogP contribution in [0.2, 0.25) is 0 Å². The third kappa shape index (κ3) is 7.53. The van der Waals surface area contributed by atoms with E-state index in [4.69, 9.17) is 4.74 Å². The number of hydrogen-bond donors (Lipinski definition) is 3. The molecule has 1 aliphatic rings. The minimum Gasteiger partial charge on any atom is -0.379 e. The smallest absolute Gasteiger partial charge is 0.251 e. The highest BCUT2D eigenvalue weighted by Gasteiger charge is 2.37. The molecule has 0 spiro atoms. The zero-order chi connectivity index (χ0) is 23.5. The molecule has 9 nitrogen and oxygen atoms in total. The van der Waals surface area contributed by atoms with Crippen LogP contribution in [0.5, 0.6) is 0 Å². The molecular weight excluding hydrogens is 432 g/mol. The molecule has 1 aliphatic carbocycles. The van der Waals surface area contributed by atoms with E-state index in [1.165, 1.54) is 24.9 Å². The zero-order valence-corrected chi connectivity index (χ0v) is 20.0. The summed E-state index contributed by atoms with van der Waals surface area (Å²) in [4.78, 5) is 41.8. The van der Waals surface area contributed by atoms with Crippen LogP contribution in [0, 0.1) is 11.8 Å². The van der Waals surface area contributed by atoms with Gasteiger partial charge in [0, 0.05) is 18.7 Å². The van der Waals surface area contributed by atoms with Gasteiger partial charge in [0.25, 0.3) is 5.91 Å². The molecule has 1 saturated carbocycles. The Bertz CT molecular complexity index is 711. The molecule has 0 aliphatic heterocycles. The van der Waals surface area contributed by atoms with Crippen LogP contribution in [-0.2, 0) is 19.1 Å². The maximum Gasteiger partial charge on any atom is 0.251 e. The van der Waals surface area contributed by atoms with Gasteiger partial charge in [-0.15, -0.1) is 11.3 Å². The van der Waals surface area contributed by atoms with Gasteiger partial charge >= 0.3 is 0 Å². The molecular formula is C22H36N4O5S. The quantitative estimate of drug-likeness (QED) is 0.232. The zero-order valence-electron chi connectivity index (χ0n) is 19.2. The molecule has 10 heteroatoms. The summed E-state index contributed by atoms with van der Waals surface area (Å²) >= 11 is 1.28. The Labute approximate surface area is 193 Å². The Morgan fingerprint density at radius 3 is 2.62 bits per heavy atom. The lowest BCUT2D eigenvalue weighted by molar-refractivity contribution is -0.170. The van der Waals surface area contributed by atoms with Gasteiger partial charge in [-0.05, 0) is 25.7 Å². The topological polar surface area (TPSA) is 121 Å². The van der Waals surface area contributed by atoms with Gasteiger partial charge in [-0.3, -0.25) is 19.6 Å². The number of rotatable bonds is 13. The van der Waals surface area contributed by atoms with E-state index in [-0.39, 0.29) is 5.91 Å². The second kappa shape index (κ2) is 13.5. The maximum absolute atomic E-state index is 13.5. The fourth-order valence-electron chi connectivity index (χ4n) is 4.37. The Morgan fingerprint density at radius 2 is 2.06 bits per heavy atom. The molecule has 0 bridgehead atoms. The van der Waals surface area contributed by atoms with Crippen molar-refractivity contribution in [3.05, 3.63) is 11.6 Å². The van der Waals surface area contributed by atoms with E-state index in [1.807, 2.05) is 6.92 Å². The summed E-state index contributed by atoms with van der Waals surface area (Å²) in [6.45, 7) is 3.65. The van der Waals surface area contributed by atoms with Crippen molar-refractivity contribution in [1.82, 2.24) is 15.4 Å². The molecule has 1 aromatic rings. The second-order valence-corrected chi connectivity index (χ2v) is 9.34. The Balaban J connectivity index is 2.22. The van der Waals surface area contributed by atoms with Crippen molar-refractivity contribution >= 4 is 34.7 Å². The van der Waals surface area contributed by atoms with E-state index in [1.54, 1.807) is 18.5 Å². The molecule has 0 aromatic carbocycles. The first kappa shape index (κ1) is 26.2. The number of amides is 3. The van der Waals surface area contributed by atoms with Gasteiger partial charge in [-0.1, -0.05) is 45.4 Å². The number of nitrogens with one attached hydrogen (secondary N) is 2. The second-order valence-electron chi connectivity index (χ2n) is 8.44. The number of carbonyl (C=O) groups is 3. The molecule has 3 N–H and O–H groups in total. The van der Waals surface area contributed by atoms with Crippen molar-refractivity contribution < 1.29 is 24.3 Å². The summed E-state index contributed by atoms with van der Waals surface area (Å²) in [5.74, 6) is -1.07. The number of hydroxylamine groups is 2. The monoisotopic (exact) mass is 468 g/mol. The van der Waals surface area contributed by atoms with Crippen LogP contribution >= 0.6 is 11.3 Å². The Morgan fingerprint density at radius 1 is 1.34 bits per heavy atom. The highest BCUT2D eigenvalue weighted by molar-refractivity contribution is 7.13. The van der Waals surface area contributed by atoms with Crippen molar-refractivity contribution in [3.63, 3.8) is 0 Å². The number of aromatic nitrogens is 1. The lowest BCUT2D eigenvalue weighted by atomic mass is 9.79. The largest absolute Gasteiger partial charge is 0.379 e. The molecule has 1 aromatic heterocycles. The molecule has 1 fully saturated rings. The fraction of sp³-hybridized carbons (Fsp3) is 0.727. The van der Waals surface area contributed by atoms with Crippen LogP contribution in [0.3, 0.4) is 0 Å². The SMILES string of the molecule is CCC[C@@H]([C@@H](CC1CCCCC1)C(=O)N[C@H](C(=O)Nc1nccs1)[C@@H](C)OC)N(O)C=O. The predicted molar refractivity (Wildman–Crippen MR) is 122 cm³/mol. The minimum absolute atomic E-state index is 0.348. The van der Waals surface area contributed by atoms with Gasteiger partial charge in [0.2, 0.25) is 12.3 Å². The lowest BCUT2D eigenvalue weighted by Crippen LogP contribution is -2.55. The first-order valence-corrected chi connectivity index (χ1v) is 12.2. The van der Waals surface area contributed by atoms with E-state index in [0.29, 0.717) is 41.8 Å². The van der Waals surface area contributed by atoms with Crippen molar-refractivity contribution in [2.24, 2.45) is 11.8 Å². The van der Waals surface area contributed by atoms with Gasteiger partial charge < -0.3 is 15.4 Å². The fourth-order valence-corrected chi connectivity index (χ4v) is 4.91. The van der Waals surface area contributed by atoms with Gasteiger partial charge in [0.15, 0.2) is 5.13 Å². The predicted octanol–water partition coefficient (Wildman–Crippen LogP) is 3.20. The summed E-state index contributed by atoms with van der Waals surface area (Å²) in [6, 6.07) is -1.60. The van der Waals surface area contributed by atoms with Crippen LogP contribution in [0.25, 0.3) is 0 Å². The molecule has 2 rings (SSSR count). The summed E-state index contributed by atoms with van der Waals surface area (Å²) in [5, 5.41) is 18.6. The Hall–Kier alpha value is -2.04. The molecule has 0 unspecified atom stereocenters. The minimum atomic E-state index is -0.948. The van der Waals surface area contributed by atoms with Crippen molar-refractivity contribution in [3.8, 4) is 0 Å². The average molecular weight is 469 g/mol. The normalized spacial score (nSPS) is 18.2. The summed E-state index contributed by atoms with van der Waals surface area (Å²) in [7, 11) is 1.47. The number of ether oxygens (including phenoxy) is 1. The highest BCUT2D eigenvalue weighted by Crippen LogP contribution is 2.32. The van der Waals surface area contributed by atoms with Gasteiger partial charge in [-0.2, -0.15) is 0 Å². The number of methoxy groups -OCH3 is 1. The number of nitrogens with zero attached hydrogens (tertiary/aromatic N) is 2. The van der Waals surface area contributed by atoms with Crippen LogP contribution < -0.4 is 10.6 Å². The third-order valence-corrected chi connectivity index (χ3v) is 6.92. The van der Waals surface area contributed by atoms with Crippen LogP contribution in [0.4, 0.5) is 5.13 Å². The van der Waals surface area contributed by atoms with Gasteiger partial charge in [0.1, 0.15) is 6.04 Å². The molecule has 1 heterocycles. The molecule has 0 saturated heterocycles. The molecule has 32 heavy (non-hydrogen) atoms. The molecule has 0 radical (unpaired) electrons. The summed E-state index contributed by atoms with van der Waals surface area (Å²) in [6.07, 6.45) is 8.57. The average Bonchev–Trinajstić information content (AvgIpc) is 3.32. The van der Waals surface area contributed by atoms with Crippen molar-refractivity contribution in [2.45, 2.75) is 83.4 Å². The first-order chi connectivity index (χ1) is 15.4. The maximum atomic E-state index is 13.5. The standard InChI is InChI=1S/C22H36N4O5S/c1-4-8-18(26(30)14-27)17(13-16-9-6-5-7-10-16)20(28)24-19(15(2)31-3)21(29)25-22-23-11-12-32-22/h11-12,14-19,30H,4-10,13H2,1-3H3,(H,24,28)(H,23,25,29)/t15-,17-,18+,19+/m1/s1. The highest BCUT2D eigenvalue weighted by atomic mass is 32.1. The van der Waals surface area contributed by atoms with Crippen molar-refractivity contribution in [1.29, 1.82) is 0 Å². The number of anilines is 1. The van der Waals surface area contributed by atoms with Gasteiger partial charge in [-0.25, -0.2) is 10.0 Å². The van der Waals surface area contributed by atoms with E-state index in [0.717, 1.165) is 25.7 Å². The van der Waals surface area contributed by atoms with Crippen molar-refractivity contribution in [2.75, 3.05) is 12.4 Å². The van der Waals surface area contributed by atoms with Crippen LogP contribution in [-0.4, -0.2) is 58.8 Å². The third-order valence-electron chi connectivity index (χ3n) is 6.23. The summed E-state index contributed by atoms with van der Waals surface area (Å²) in [5.41, 5.74) is 0. The van der Waals surface area contributed by atoms with Gasteiger partial charge in [0.05, 0.1) is 18.1 Å². The van der Waals surface area contributed by atoms with Crippen LogP contribution in [0.15, 0.2) is 11.6 Å². The molecule has 3 amide bonds. The first-order valence-electron chi connectivity index (χ1n) is 11.4. The number of carbonyl (C=O) groups excluding carboxylic acids is 3. The van der Waals surface area contributed by atoms with Crippen LogP contribution in [0.1, 0.15) is 65.2 Å². The number of thiazole rings is 1. The van der Waals surface area contributed by atoms with E-state index < -0.39 is 30.0 Å². The van der Waals surface area contributed by atoms with E-state index in [9.17, 15) is 19.6 Å². The lowest BCUT2D eigenvalue weighted by Gasteiger charge is -2.34. The molecule has 180 valence electrons. The number of hydrogen-bond acceptors (Lipinski definition) is 7. The molecule has 4 atom stereocenters. The van der Waals surface area contributed by atoms with E-state index in [2.05, 4.69) is 15.6 Å².